The highest BCUT2D eigenvalue weighted by Gasteiger charge is 2.52. The number of benzene rings is 2. The fraction of sp³-hybridized carbons (Fsp3) is 0.333. The molecule has 0 radical (unpaired) electrons. The number of hydrogen-bond donors (Lipinski definition) is 0. The Kier molecular flexibility index (Phi) is 5.29. The number of anilines is 1. The van der Waals surface area contributed by atoms with Crippen LogP contribution in [0.4, 0.5) is 10.1 Å². The van der Waals surface area contributed by atoms with Gasteiger partial charge in [-0.2, -0.15) is 0 Å². The molecule has 2 heterocycles. The van der Waals surface area contributed by atoms with Crippen LogP contribution in [-0.2, 0) is 24.8 Å². The van der Waals surface area contributed by atoms with Gasteiger partial charge in [-0.25, -0.2) is 4.39 Å². The number of esters is 1. The number of amides is 1. The van der Waals surface area contributed by atoms with Crippen LogP contribution in [0.5, 0.6) is 0 Å². The van der Waals surface area contributed by atoms with Gasteiger partial charge in [0.25, 0.3) is 0 Å². The first-order chi connectivity index (χ1) is 13.9. The number of fused-ring (bicyclic) bond motifs is 3. The van der Waals surface area contributed by atoms with Gasteiger partial charge in [0, 0.05) is 29.6 Å². The van der Waals surface area contributed by atoms with Gasteiger partial charge in [0.15, 0.2) is 5.72 Å². The third-order valence-corrected chi connectivity index (χ3v) is 5.45. The Hall–Kier alpha value is -2.48. The summed E-state index contributed by atoms with van der Waals surface area (Å²) in [4.78, 5) is 27.6. The molecular weight excluding hydrogens is 399 g/mol. The van der Waals surface area contributed by atoms with E-state index in [4.69, 9.17) is 21.1 Å². The fourth-order valence-electron chi connectivity index (χ4n) is 4.04. The Morgan fingerprint density at radius 2 is 2.07 bits per heavy atom. The summed E-state index contributed by atoms with van der Waals surface area (Å²) in [6.07, 6.45) is 0. The minimum absolute atomic E-state index is 0.0285. The highest BCUT2D eigenvalue weighted by Crippen LogP contribution is 2.47. The maximum absolute atomic E-state index is 14.9. The van der Waals surface area contributed by atoms with Crippen LogP contribution in [0.3, 0.4) is 0 Å². The van der Waals surface area contributed by atoms with Crippen molar-refractivity contribution in [1.29, 1.82) is 0 Å². The average Bonchev–Trinajstić information content (AvgIpc) is 3.06. The summed E-state index contributed by atoms with van der Waals surface area (Å²) in [7, 11) is 0. The number of rotatable bonds is 4. The van der Waals surface area contributed by atoms with Crippen molar-refractivity contribution in [2.24, 2.45) is 0 Å². The van der Waals surface area contributed by atoms with Crippen molar-refractivity contribution in [1.82, 2.24) is 4.90 Å². The molecule has 2 aliphatic rings. The number of carbonyl (C=O) groups excluding carboxylic acids is 2. The van der Waals surface area contributed by atoms with Crippen LogP contribution in [0.1, 0.15) is 18.1 Å². The normalized spacial score (nSPS) is 21.5. The first kappa shape index (κ1) is 19.8. The maximum atomic E-state index is 14.9. The summed E-state index contributed by atoms with van der Waals surface area (Å²) in [5.41, 5.74) is 0.202. The molecule has 4 rings (SSSR count). The van der Waals surface area contributed by atoms with Gasteiger partial charge in [0.05, 0.1) is 25.4 Å². The van der Waals surface area contributed by atoms with Gasteiger partial charge in [-0.05, 0) is 24.3 Å². The van der Waals surface area contributed by atoms with E-state index in [0.717, 1.165) is 0 Å². The van der Waals surface area contributed by atoms with Gasteiger partial charge >= 0.3 is 5.97 Å². The Morgan fingerprint density at radius 3 is 2.83 bits per heavy atom. The molecule has 0 saturated carbocycles. The van der Waals surface area contributed by atoms with E-state index in [2.05, 4.69) is 0 Å². The van der Waals surface area contributed by atoms with Crippen molar-refractivity contribution in [3.8, 4) is 0 Å². The summed E-state index contributed by atoms with van der Waals surface area (Å²) in [6.45, 7) is 2.38. The highest BCUT2D eigenvalue weighted by molar-refractivity contribution is 6.30. The number of carbonyl (C=O) groups is 2. The molecule has 1 unspecified atom stereocenters. The zero-order chi connectivity index (χ0) is 20.6. The Morgan fingerprint density at radius 1 is 1.28 bits per heavy atom. The van der Waals surface area contributed by atoms with E-state index in [0.29, 0.717) is 35.0 Å². The molecule has 0 aromatic heterocycles. The standard InChI is InChI=1S/C21H20ClFN2O4/c1-14(26)28-10-9-25-19-7-6-15(22)12-17(19)21(16-4-2-3-5-18(16)23)24(8-11-29-21)13-20(25)27/h2-7,12H,8-11,13H2,1H3. The van der Waals surface area contributed by atoms with Gasteiger partial charge in [-0.15, -0.1) is 0 Å². The maximum Gasteiger partial charge on any atom is 0.302 e. The lowest BCUT2D eigenvalue weighted by atomic mass is 9.91. The SMILES string of the molecule is CC(=O)OCCN1C(=O)CN2CCOC2(c2ccccc2F)c2cc(Cl)ccc21. The molecule has 1 fully saturated rings. The van der Waals surface area contributed by atoms with E-state index in [1.54, 1.807) is 41.3 Å². The second kappa shape index (κ2) is 7.74. The quantitative estimate of drug-likeness (QED) is 0.714. The molecule has 0 N–H and O–H groups in total. The summed E-state index contributed by atoms with van der Waals surface area (Å²) >= 11 is 6.30. The molecule has 8 heteroatoms. The number of nitrogens with zero attached hydrogens (tertiary/aromatic N) is 2. The Bertz CT molecular complexity index is 969. The van der Waals surface area contributed by atoms with Gasteiger partial charge in [0.2, 0.25) is 5.91 Å². The van der Waals surface area contributed by atoms with E-state index in [1.165, 1.54) is 13.0 Å². The number of ether oxygens (including phenoxy) is 2. The van der Waals surface area contributed by atoms with Gasteiger partial charge < -0.3 is 14.4 Å². The van der Waals surface area contributed by atoms with E-state index >= 15 is 0 Å². The van der Waals surface area contributed by atoms with Crippen LogP contribution < -0.4 is 4.90 Å². The summed E-state index contributed by atoms with van der Waals surface area (Å²) in [5, 5.41) is 0.448. The topological polar surface area (TPSA) is 59.1 Å². The minimum Gasteiger partial charge on any atom is -0.464 e. The lowest BCUT2D eigenvalue weighted by molar-refractivity contribution is -0.141. The lowest BCUT2D eigenvalue weighted by Gasteiger charge is -2.37. The molecule has 29 heavy (non-hydrogen) atoms. The second-order valence-corrected chi connectivity index (χ2v) is 7.38. The minimum atomic E-state index is -1.27. The molecule has 6 nitrogen and oxygen atoms in total. The number of hydrogen-bond acceptors (Lipinski definition) is 5. The van der Waals surface area contributed by atoms with Gasteiger partial charge in [-0.1, -0.05) is 29.8 Å². The van der Waals surface area contributed by atoms with Crippen molar-refractivity contribution in [2.75, 3.05) is 37.7 Å². The van der Waals surface area contributed by atoms with Crippen LogP contribution in [0.2, 0.25) is 5.02 Å². The van der Waals surface area contributed by atoms with E-state index in [-0.39, 0.29) is 25.6 Å². The third-order valence-electron chi connectivity index (χ3n) is 5.22. The number of halogens is 2. The highest BCUT2D eigenvalue weighted by atomic mass is 35.5. The molecule has 0 aliphatic carbocycles. The van der Waals surface area contributed by atoms with E-state index in [1.807, 2.05) is 4.90 Å². The van der Waals surface area contributed by atoms with Crippen molar-refractivity contribution in [2.45, 2.75) is 12.6 Å². The zero-order valence-corrected chi connectivity index (χ0v) is 16.6. The summed E-state index contributed by atoms with van der Waals surface area (Å²) in [5.74, 6) is -1.04. The Labute approximate surface area is 172 Å². The van der Waals surface area contributed by atoms with Crippen LogP contribution in [0, 0.1) is 5.82 Å². The van der Waals surface area contributed by atoms with E-state index < -0.39 is 17.5 Å². The summed E-state index contributed by atoms with van der Waals surface area (Å²) < 4.78 is 26.1. The van der Waals surface area contributed by atoms with Crippen molar-refractivity contribution in [3.05, 3.63) is 64.4 Å². The van der Waals surface area contributed by atoms with Gasteiger partial charge in [0.1, 0.15) is 12.4 Å². The first-order valence-corrected chi connectivity index (χ1v) is 9.69. The molecule has 2 aliphatic heterocycles. The van der Waals surface area contributed by atoms with Crippen LogP contribution >= 0.6 is 11.6 Å². The van der Waals surface area contributed by atoms with Gasteiger partial charge in [-0.3, -0.25) is 14.5 Å². The Balaban J connectivity index is 1.89. The predicted octanol–water partition coefficient (Wildman–Crippen LogP) is 2.92. The fourth-order valence-corrected chi connectivity index (χ4v) is 4.22. The lowest BCUT2D eigenvalue weighted by Crippen LogP contribution is -2.46. The molecular formula is C21H20ClFN2O4. The molecule has 1 amide bonds. The van der Waals surface area contributed by atoms with Crippen LogP contribution in [-0.4, -0.2) is 49.6 Å². The van der Waals surface area contributed by atoms with Crippen LogP contribution in [0.15, 0.2) is 42.5 Å². The molecule has 2 aromatic rings. The smallest absolute Gasteiger partial charge is 0.302 e. The average molecular weight is 419 g/mol. The van der Waals surface area contributed by atoms with Crippen molar-refractivity contribution >= 4 is 29.2 Å². The second-order valence-electron chi connectivity index (χ2n) is 6.94. The molecule has 152 valence electrons. The molecule has 1 atom stereocenters. The van der Waals surface area contributed by atoms with Crippen molar-refractivity contribution < 1.29 is 23.5 Å². The van der Waals surface area contributed by atoms with Crippen molar-refractivity contribution in [3.63, 3.8) is 0 Å². The predicted molar refractivity (Wildman–Crippen MR) is 105 cm³/mol. The monoisotopic (exact) mass is 418 g/mol. The van der Waals surface area contributed by atoms with E-state index in [9.17, 15) is 14.0 Å². The third kappa shape index (κ3) is 3.39. The van der Waals surface area contributed by atoms with Crippen LogP contribution in [0.25, 0.3) is 0 Å². The molecule has 2 aromatic carbocycles. The largest absolute Gasteiger partial charge is 0.464 e. The molecule has 0 bridgehead atoms. The first-order valence-electron chi connectivity index (χ1n) is 9.31. The zero-order valence-electron chi connectivity index (χ0n) is 15.9. The molecule has 0 spiro atoms. The molecule has 1 saturated heterocycles. The summed E-state index contributed by atoms with van der Waals surface area (Å²) in [6, 6.07) is 11.5.